The van der Waals surface area contributed by atoms with Crippen molar-refractivity contribution in [2.75, 3.05) is 33.9 Å². The van der Waals surface area contributed by atoms with Crippen molar-refractivity contribution < 1.29 is 43.2 Å². The molecule has 13 nitrogen and oxygen atoms in total. The highest BCUT2D eigenvalue weighted by Crippen LogP contribution is 2.32. The minimum absolute atomic E-state index is 0.0459. The Morgan fingerprint density at radius 1 is 0.962 bits per heavy atom. The maximum Gasteiger partial charge on any atom is 0.408 e. The molecular formula is C39H44N4O9. The predicted molar refractivity (Wildman–Crippen MR) is 196 cm³/mol. The third kappa shape index (κ3) is 10.9. The Balaban J connectivity index is 1.56. The number of carboxylic acid groups (broad SMARTS) is 1. The Morgan fingerprint density at radius 2 is 1.71 bits per heavy atom. The largest absolute Gasteiger partial charge is 0.497 e. The number of aromatic nitrogens is 1. The lowest BCUT2D eigenvalue weighted by Crippen LogP contribution is -2.55. The average molecular weight is 713 g/mol. The Bertz CT molecular complexity index is 1890. The number of carbonyl (C=O) groups excluding carboxylic acids is 3. The lowest BCUT2D eigenvalue weighted by atomic mass is 10.1. The van der Waals surface area contributed by atoms with E-state index in [1.165, 1.54) is 7.05 Å². The summed E-state index contributed by atoms with van der Waals surface area (Å²) < 4.78 is 22.6. The Kier molecular flexibility index (Phi) is 13.2. The van der Waals surface area contributed by atoms with Crippen LogP contribution in [0.4, 0.5) is 4.79 Å². The van der Waals surface area contributed by atoms with Crippen LogP contribution < -0.4 is 24.8 Å². The number of aliphatic carboxylic acids is 1. The van der Waals surface area contributed by atoms with Crippen LogP contribution in [0.2, 0.25) is 0 Å². The van der Waals surface area contributed by atoms with E-state index in [0.29, 0.717) is 33.8 Å². The van der Waals surface area contributed by atoms with Gasteiger partial charge in [0.1, 0.15) is 42.0 Å². The molecule has 0 aliphatic rings. The molecular weight excluding hydrogens is 668 g/mol. The Hall–Kier alpha value is -6.11. The molecule has 52 heavy (non-hydrogen) atoms. The molecule has 0 unspecified atom stereocenters. The van der Waals surface area contributed by atoms with E-state index >= 15 is 0 Å². The predicted octanol–water partition coefficient (Wildman–Crippen LogP) is 5.32. The average Bonchev–Trinajstić information content (AvgIpc) is 3.12. The molecule has 1 heterocycles. The number of pyridine rings is 1. The number of fused-ring (bicyclic) bond motifs is 1. The zero-order valence-corrected chi connectivity index (χ0v) is 29.9. The summed E-state index contributed by atoms with van der Waals surface area (Å²) in [7, 11) is 2.95. The van der Waals surface area contributed by atoms with E-state index < -0.39 is 54.7 Å². The molecule has 3 aromatic carbocycles. The standard InChI is InChI=1S/C39H44N4O9/c1-7-25-12-11-15-28(20-25)51-24-32(37(46)47)42-36(45)33(43(5)35(44)23-40-38(48)52-39(2,3)4)18-19-50-34-22-30(26-13-9-8-10-14-26)41-31-21-27(49-6)16-17-29(31)34/h7-17,20-22,32-33H,1,18-19,23-24H2,2-6H3,(H,40,48)(H,42,45)(H,46,47)/t32-,33-/m0/s1. The van der Waals surface area contributed by atoms with Gasteiger partial charge in [-0.3, -0.25) is 9.59 Å². The van der Waals surface area contributed by atoms with Gasteiger partial charge in [-0.25, -0.2) is 14.6 Å². The van der Waals surface area contributed by atoms with Gasteiger partial charge in [0.25, 0.3) is 0 Å². The fraction of sp³-hybridized carbons (Fsp3) is 0.308. The number of nitrogens with one attached hydrogen (secondary N) is 2. The van der Waals surface area contributed by atoms with Gasteiger partial charge in [-0.2, -0.15) is 0 Å². The first kappa shape index (κ1) is 38.7. The normalized spacial score (nSPS) is 12.2. The van der Waals surface area contributed by atoms with E-state index in [0.717, 1.165) is 16.0 Å². The van der Waals surface area contributed by atoms with Crippen LogP contribution in [0.25, 0.3) is 28.2 Å². The van der Waals surface area contributed by atoms with Crippen LogP contribution in [0.15, 0.2) is 85.4 Å². The number of nitrogens with zero attached hydrogens (tertiary/aromatic N) is 2. The van der Waals surface area contributed by atoms with E-state index in [1.807, 2.05) is 42.5 Å². The van der Waals surface area contributed by atoms with Crippen LogP contribution in [-0.2, 0) is 19.1 Å². The summed E-state index contributed by atoms with van der Waals surface area (Å²) >= 11 is 0. The second-order valence-electron chi connectivity index (χ2n) is 12.8. The summed E-state index contributed by atoms with van der Waals surface area (Å²) in [6, 6.07) is 20.9. The lowest BCUT2D eigenvalue weighted by Gasteiger charge is -2.29. The summed E-state index contributed by atoms with van der Waals surface area (Å²) in [5.74, 6) is -1.25. The highest BCUT2D eigenvalue weighted by atomic mass is 16.6. The molecule has 0 saturated carbocycles. The van der Waals surface area contributed by atoms with Crippen LogP contribution >= 0.6 is 0 Å². The molecule has 0 saturated heterocycles. The topological polar surface area (TPSA) is 166 Å². The maximum absolute atomic E-state index is 13.8. The highest BCUT2D eigenvalue weighted by molar-refractivity contribution is 5.92. The molecule has 3 amide bonds. The number of hydrogen-bond acceptors (Lipinski definition) is 9. The number of rotatable bonds is 16. The molecule has 0 aliphatic carbocycles. The minimum Gasteiger partial charge on any atom is -0.497 e. The SMILES string of the molecule is C=Cc1cccc(OC[C@H](NC(=O)[C@H](CCOc2cc(-c3ccccc3)nc3cc(OC)ccc23)N(C)C(=O)CNC(=O)OC(C)(C)C)C(=O)O)c1. The molecule has 13 heteroatoms. The molecule has 0 aliphatic heterocycles. The van der Waals surface area contributed by atoms with Gasteiger partial charge in [-0.05, 0) is 50.6 Å². The van der Waals surface area contributed by atoms with E-state index in [2.05, 4.69) is 17.2 Å². The van der Waals surface area contributed by atoms with Gasteiger partial charge in [-0.1, -0.05) is 55.1 Å². The highest BCUT2D eigenvalue weighted by Gasteiger charge is 2.31. The number of carbonyl (C=O) groups is 4. The zero-order valence-electron chi connectivity index (χ0n) is 29.9. The van der Waals surface area contributed by atoms with Crippen molar-refractivity contribution in [3.8, 4) is 28.5 Å². The quantitative estimate of drug-likeness (QED) is 0.138. The van der Waals surface area contributed by atoms with Gasteiger partial charge in [0.2, 0.25) is 11.8 Å². The molecule has 3 N–H and O–H groups in total. The van der Waals surface area contributed by atoms with Crippen molar-refractivity contribution in [3.63, 3.8) is 0 Å². The first-order chi connectivity index (χ1) is 24.8. The summed E-state index contributed by atoms with van der Waals surface area (Å²) in [5, 5.41) is 15.5. The fourth-order valence-corrected chi connectivity index (χ4v) is 5.07. The smallest absolute Gasteiger partial charge is 0.408 e. The van der Waals surface area contributed by atoms with Crippen molar-refractivity contribution >= 4 is 40.9 Å². The summed E-state index contributed by atoms with van der Waals surface area (Å²) in [5.41, 5.74) is 2.10. The fourth-order valence-electron chi connectivity index (χ4n) is 5.07. The minimum atomic E-state index is -1.46. The molecule has 2 atom stereocenters. The third-order valence-electron chi connectivity index (χ3n) is 7.77. The van der Waals surface area contributed by atoms with Gasteiger partial charge in [0.05, 0.1) is 24.9 Å². The van der Waals surface area contributed by atoms with Crippen LogP contribution in [0.3, 0.4) is 0 Å². The molecule has 0 fully saturated rings. The number of hydrogen-bond donors (Lipinski definition) is 3. The number of methoxy groups -OCH3 is 1. The number of alkyl carbamates (subject to hydrolysis) is 1. The van der Waals surface area contributed by atoms with Crippen LogP contribution in [0, 0.1) is 0 Å². The van der Waals surface area contributed by atoms with E-state index in [1.54, 1.807) is 70.4 Å². The second kappa shape index (κ2) is 17.7. The maximum atomic E-state index is 13.8. The van der Waals surface area contributed by atoms with Crippen molar-refractivity contribution in [1.29, 1.82) is 0 Å². The summed E-state index contributed by atoms with van der Waals surface area (Å²) in [6.45, 7) is 7.85. The Labute approximate surface area is 302 Å². The van der Waals surface area contributed by atoms with E-state index in [-0.39, 0.29) is 13.0 Å². The Morgan fingerprint density at radius 3 is 2.38 bits per heavy atom. The van der Waals surface area contributed by atoms with Crippen LogP contribution in [0.5, 0.6) is 17.2 Å². The summed E-state index contributed by atoms with van der Waals surface area (Å²) in [4.78, 5) is 57.5. The van der Waals surface area contributed by atoms with Gasteiger partial charge in [0, 0.05) is 36.6 Å². The number of benzene rings is 3. The zero-order chi connectivity index (χ0) is 37.8. The number of carboxylic acids is 1. The van der Waals surface area contributed by atoms with Crippen molar-refractivity contribution in [2.24, 2.45) is 0 Å². The number of amides is 3. The lowest BCUT2D eigenvalue weighted by molar-refractivity contribution is -0.145. The first-order valence-electron chi connectivity index (χ1n) is 16.6. The molecule has 1 aromatic heterocycles. The molecule has 0 radical (unpaired) electrons. The molecule has 0 bridgehead atoms. The van der Waals surface area contributed by atoms with Crippen molar-refractivity contribution in [2.45, 2.75) is 44.9 Å². The molecule has 274 valence electrons. The van der Waals surface area contributed by atoms with Crippen LogP contribution in [0.1, 0.15) is 32.8 Å². The van der Waals surface area contributed by atoms with Gasteiger partial charge < -0.3 is 39.6 Å². The first-order valence-corrected chi connectivity index (χ1v) is 16.6. The van der Waals surface area contributed by atoms with Crippen molar-refractivity contribution in [1.82, 2.24) is 20.5 Å². The molecule has 0 spiro atoms. The summed E-state index contributed by atoms with van der Waals surface area (Å²) in [6.07, 6.45) is 0.766. The van der Waals surface area contributed by atoms with Crippen molar-refractivity contribution in [3.05, 3.63) is 91.0 Å². The van der Waals surface area contributed by atoms with Gasteiger partial charge in [0.15, 0.2) is 6.04 Å². The third-order valence-corrected chi connectivity index (χ3v) is 7.77. The number of ether oxygens (including phenoxy) is 4. The van der Waals surface area contributed by atoms with E-state index in [9.17, 15) is 24.3 Å². The van der Waals surface area contributed by atoms with Gasteiger partial charge in [-0.15, -0.1) is 0 Å². The second-order valence-corrected chi connectivity index (χ2v) is 12.8. The van der Waals surface area contributed by atoms with E-state index in [4.69, 9.17) is 23.9 Å². The number of likely N-dealkylation sites (N-methyl/N-ethyl adjacent to an activating group) is 1. The molecule has 4 aromatic rings. The molecule has 4 rings (SSSR count). The van der Waals surface area contributed by atoms with Crippen LogP contribution in [-0.4, -0.2) is 90.5 Å². The van der Waals surface area contributed by atoms with Gasteiger partial charge >= 0.3 is 12.1 Å². The monoisotopic (exact) mass is 712 g/mol.